The second kappa shape index (κ2) is 9.92. The molecule has 5 nitrogen and oxygen atoms in total. The zero-order valence-electron chi connectivity index (χ0n) is 15.6. The maximum Gasteiger partial charge on any atom is 0.316 e. The highest BCUT2D eigenvalue weighted by Crippen LogP contribution is 2.18. The maximum atomic E-state index is 12.4. The smallest absolute Gasteiger partial charge is 0.316 e. The monoisotopic (exact) mass is 385 g/mol. The first-order chi connectivity index (χ1) is 12.9. The summed E-state index contributed by atoms with van der Waals surface area (Å²) in [6, 6.07) is 16.1. The highest BCUT2D eigenvalue weighted by atomic mass is 32.2. The number of esters is 1. The number of ketones is 1. The predicted octanol–water partition coefficient (Wildman–Crippen LogP) is 4.19. The second-order valence-corrected chi connectivity index (χ2v) is 7.37. The van der Waals surface area contributed by atoms with E-state index >= 15 is 0 Å². The van der Waals surface area contributed by atoms with Gasteiger partial charge in [-0.1, -0.05) is 32.0 Å². The van der Waals surface area contributed by atoms with Crippen LogP contribution in [0.4, 0.5) is 5.69 Å². The molecule has 0 radical (unpaired) electrons. The van der Waals surface area contributed by atoms with E-state index in [1.54, 1.807) is 45.0 Å². The summed E-state index contributed by atoms with van der Waals surface area (Å²) in [6.07, 6.45) is -0.870. The molecule has 142 valence electrons. The van der Waals surface area contributed by atoms with E-state index in [9.17, 15) is 14.4 Å². The lowest BCUT2D eigenvalue weighted by atomic mass is 10.1. The summed E-state index contributed by atoms with van der Waals surface area (Å²) in [4.78, 5) is 37.0. The average molecular weight is 385 g/mol. The Morgan fingerprint density at radius 3 is 2.19 bits per heavy atom. The van der Waals surface area contributed by atoms with Crippen molar-refractivity contribution in [1.82, 2.24) is 0 Å². The SMILES string of the molecule is CC(C)C(=O)Nc1ccc(C(=O)[C@H](C)OC(=O)CSc2ccccc2)cc1. The maximum absolute atomic E-state index is 12.4. The topological polar surface area (TPSA) is 72.5 Å². The third-order valence-electron chi connectivity index (χ3n) is 3.74. The number of benzene rings is 2. The fourth-order valence-electron chi connectivity index (χ4n) is 2.18. The third kappa shape index (κ3) is 6.57. The van der Waals surface area contributed by atoms with E-state index in [0.717, 1.165) is 4.90 Å². The van der Waals surface area contributed by atoms with Gasteiger partial charge in [-0.2, -0.15) is 0 Å². The van der Waals surface area contributed by atoms with E-state index < -0.39 is 12.1 Å². The van der Waals surface area contributed by atoms with Gasteiger partial charge in [0, 0.05) is 22.1 Å². The van der Waals surface area contributed by atoms with Crippen molar-refractivity contribution in [2.45, 2.75) is 31.8 Å². The van der Waals surface area contributed by atoms with E-state index in [0.29, 0.717) is 11.3 Å². The van der Waals surface area contributed by atoms with Gasteiger partial charge in [-0.3, -0.25) is 14.4 Å². The predicted molar refractivity (Wildman–Crippen MR) is 107 cm³/mol. The molecule has 1 atom stereocenters. The van der Waals surface area contributed by atoms with Gasteiger partial charge in [0.2, 0.25) is 11.7 Å². The van der Waals surface area contributed by atoms with Crippen molar-refractivity contribution < 1.29 is 19.1 Å². The molecular formula is C21H23NO4S. The number of carbonyl (C=O) groups excluding carboxylic acids is 3. The minimum absolute atomic E-state index is 0.0905. The molecule has 0 aliphatic carbocycles. The minimum atomic E-state index is -0.870. The number of Topliss-reactive ketones (excluding diaryl/α,β-unsaturated/α-hetero) is 1. The van der Waals surface area contributed by atoms with Crippen LogP contribution in [0.15, 0.2) is 59.5 Å². The molecule has 0 unspecified atom stereocenters. The van der Waals surface area contributed by atoms with Crippen molar-refractivity contribution in [1.29, 1.82) is 0 Å². The summed E-state index contributed by atoms with van der Waals surface area (Å²) in [5.41, 5.74) is 1.04. The summed E-state index contributed by atoms with van der Waals surface area (Å²) in [6.45, 7) is 5.17. The summed E-state index contributed by atoms with van der Waals surface area (Å²) in [7, 11) is 0. The number of carbonyl (C=O) groups is 3. The molecule has 0 saturated heterocycles. The quantitative estimate of drug-likeness (QED) is 0.419. The molecule has 0 heterocycles. The number of rotatable bonds is 8. The van der Waals surface area contributed by atoms with Crippen LogP contribution >= 0.6 is 11.8 Å². The highest BCUT2D eigenvalue weighted by Gasteiger charge is 2.19. The van der Waals surface area contributed by atoms with E-state index in [4.69, 9.17) is 4.74 Å². The summed E-state index contributed by atoms with van der Waals surface area (Å²) in [5.74, 6) is -0.797. The van der Waals surface area contributed by atoms with E-state index in [1.807, 2.05) is 30.3 Å². The number of hydrogen-bond donors (Lipinski definition) is 1. The van der Waals surface area contributed by atoms with Crippen LogP contribution in [-0.4, -0.2) is 29.5 Å². The molecule has 0 aromatic heterocycles. The van der Waals surface area contributed by atoms with E-state index in [-0.39, 0.29) is 23.4 Å². The normalized spacial score (nSPS) is 11.7. The largest absolute Gasteiger partial charge is 0.454 e. The Morgan fingerprint density at radius 2 is 1.59 bits per heavy atom. The summed E-state index contributed by atoms with van der Waals surface area (Å²) < 4.78 is 5.24. The van der Waals surface area contributed by atoms with Gasteiger partial charge >= 0.3 is 5.97 Å². The highest BCUT2D eigenvalue weighted by molar-refractivity contribution is 8.00. The van der Waals surface area contributed by atoms with Crippen LogP contribution in [0.1, 0.15) is 31.1 Å². The molecule has 0 saturated carbocycles. The van der Waals surface area contributed by atoms with Crippen molar-refractivity contribution in [3.63, 3.8) is 0 Å². The Labute approximate surface area is 163 Å². The van der Waals surface area contributed by atoms with E-state index in [1.165, 1.54) is 11.8 Å². The van der Waals surface area contributed by atoms with Gasteiger partial charge in [0.1, 0.15) is 0 Å². The molecule has 0 aliphatic rings. The number of amides is 1. The fraction of sp³-hybridized carbons (Fsp3) is 0.286. The Bertz CT molecular complexity index is 788. The molecule has 0 bridgehead atoms. The van der Waals surface area contributed by atoms with Crippen LogP contribution in [0.5, 0.6) is 0 Å². The van der Waals surface area contributed by atoms with Gasteiger partial charge < -0.3 is 10.1 Å². The molecular weight excluding hydrogens is 362 g/mol. The number of thioether (sulfide) groups is 1. The van der Waals surface area contributed by atoms with Gasteiger partial charge in [0.05, 0.1) is 5.75 Å². The Hall–Kier alpha value is -2.60. The number of nitrogens with one attached hydrogen (secondary N) is 1. The molecule has 2 aromatic rings. The molecule has 1 N–H and O–H groups in total. The van der Waals surface area contributed by atoms with Crippen molar-refractivity contribution >= 4 is 35.1 Å². The van der Waals surface area contributed by atoms with Crippen LogP contribution in [0.3, 0.4) is 0 Å². The van der Waals surface area contributed by atoms with Crippen LogP contribution in [-0.2, 0) is 14.3 Å². The third-order valence-corrected chi connectivity index (χ3v) is 4.72. The van der Waals surface area contributed by atoms with Crippen LogP contribution in [0.25, 0.3) is 0 Å². The van der Waals surface area contributed by atoms with Gasteiger partial charge in [0.15, 0.2) is 6.10 Å². The lowest BCUT2D eigenvalue weighted by Crippen LogP contribution is -2.25. The van der Waals surface area contributed by atoms with Gasteiger partial charge in [-0.15, -0.1) is 11.8 Å². The second-order valence-electron chi connectivity index (χ2n) is 6.32. The fourth-order valence-corrected chi connectivity index (χ4v) is 2.88. The first-order valence-corrected chi connectivity index (χ1v) is 9.68. The van der Waals surface area contributed by atoms with Crippen LogP contribution in [0, 0.1) is 5.92 Å². The van der Waals surface area contributed by atoms with Crippen molar-refractivity contribution in [3.8, 4) is 0 Å². The van der Waals surface area contributed by atoms with Crippen molar-refractivity contribution in [2.24, 2.45) is 5.92 Å². The van der Waals surface area contributed by atoms with Crippen LogP contribution < -0.4 is 5.32 Å². The molecule has 27 heavy (non-hydrogen) atoms. The average Bonchev–Trinajstić information content (AvgIpc) is 2.67. The summed E-state index contributed by atoms with van der Waals surface area (Å²) >= 11 is 1.36. The molecule has 0 fully saturated rings. The summed E-state index contributed by atoms with van der Waals surface area (Å²) in [5, 5.41) is 2.76. The zero-order valence-corrected chi connectivity index (χ0v) is 16.4. The van der Waals surface area contributed by atoms with Crippen molar-refractivity contribution in [3.05, 3.63) is 60.2 Å². The van der Waals surface area contributed by atoms with Gasteiger partial charge in [-0.25, -0.2) is 0 Å². The lowest BCUT2D eigenvalue weighted by molar-refractivity contribution is -0.143. The van der Waals surface area contributed by atoms with Gasteiger partial charge in [0.25, 0.3) is 0 Å². The Kier molecular flexibility index (Phi) is 7.61. The standard InChI is InChI=1S/C21H23NO4S/c1-14(2)21(25)22-17-11-9-16(10-12-17)20(24)15(3)26-19(23)13-27-18-7-5-4-6-8-18/h4-12,14-15H,13H2,1-3H3,(H,22,25)/t15-/m0/s1. The molecule has 6 heteroatoms. The molecule has 2 aromatic carbocycles. The van der Waals surface area contributed by atoms with Gasteiger partial charge in [-0.05, 0) is 43.3 Å². The number of anilines is 1. The zero-order chi connectivity index (χ0) is 19.8. The molecule has 0 spiro atoms. The Balaban J connectivity index is 1.86. The first kappa shape index (κ1) is 20.7. The lowest BCUT2D eigenvalue weighted by Gasteiger charge is -2.13. The number of hydrogen-bond acceptors (Lipinski definition) is 5. The minimum Gasteiger partial charge on any atom is -0.454 e. The Morgan fingerprint density at radius 1 is 0.963 bits per heavy atom. The molecule has 0 aliphatic heterocycles. The van der Waals surface area contributed by atoms with Crippen LogP contribution in [0.2, 0.25) is 0 Å². The molecule has 1 amide bonds. The number of ether oxygens (including phenoxy) is 1. The van der Waals surface area contributed by atoms with Crippen molar-refractivity contribution in [2.75, 3.05) is 11.1 Å². The first-order valence-electron chi connectivity index (χ1n) is 8.69. The van der Waals surface area contributed by atoms with E-state index in [2.05, 4.69) is 5.32 Å². The molecule has 2 rings (SSSR count).